The largest absolute Gasteiger partial charge is 0.450 e. The van der Waals surface area contributed by atoms with Crippen LogP contribution in [0.4, 0.5) is 9.59 Å². The smallest absolute Gasteiger partial charge is 0.410 e. The number of hydrogen-bond acceptors (Lipinski definition) is 9. The molecule has 5 amide bonds. The highest BCUT2D eigenvalue weighted by Crippen LogP contribution is 2.47. The number of nitrogens with zero attached hydrogens (tertiary/aromatic N) is 2. The minimum atomic E-state index is -3.87. The van der Waals surface area contributed by atoms with Gasteiger partial charge >= 0.3 is 12.2 Å². The molecular formula is C37H49N5O9S. The van der Waals surface area contributed by atoms with Crippen molar-refractivity contribution in [3.8, 4) is 0 Å². The van der Waals surface area contributed by atoms with E-state index in [1.165, 1.54) is 4.90 Å². The van der Waals surface area contributed by atoms with Gasteiger partial charge in [-0.05, 0) is 73.5 Å². The topological polar surface area (TPSA) is 181 Å². The minimum Gasteiger partial charge on any atom is -0.450 e. The Labute approximate surface area is 304 Å². The lowest BCUT2D eigenvalue weighted by Gasteiger charge is -2.34. The van der Waals surface area contributed by atoms with Gasteiger partial charge in [0.2, 0.25) is 21.8 Å². The van der Waals surface area contributed by atoms with Crippen LogP contribution in [-0.2, 0) is 47.0 Å². The maximum absolute atomic E-state index is 14.6. The average Bonchev–Trinajstić information content (AvgIpc) is 4.02. The number of rotatable bonds is 7. The highest BCUT2D eigenvalue weighted by molar-refractivity contribution is 7.91. The first kappa shape index (κ1) is 36.2. The van der Waals surface area contributed by atoms with Gasteiger partial charge in [-0.2, -0.15) is 0 Å². The third kappa shape index (κ3) is 7.51. The quantitative estimate of drug-likeness (QED) is 0.377. The molecule has 0 radical (unpaired) electrons. The van der Waals surface area contributed by atoms with Gasteiger partial charge in [0.05, 0.1) is 24.9 Å². The van der Waals surface area contributed by atoms with Crippen molar-refractivity contribution in [3.05, 3.63) is 41.0 Å². The number of ether oxygens (including phenoxy) is 2. The molecule has 1 aromatic rings. The number of amides is 5. The lowest BCUT2D eigenvalue weighted by Crippen LogP contribution is -2.59. The first-order chi connectivity index (χ1) is 25.0. The van der Waals surface area contributed by atoms with Gasteiger partial charge in [0.15, 0.2) is 0 Å². The molecule has 4 fully saturated rings. The zero-order chi connectivity index (χ0) is 36.6. The Morgan fingerprint density at radius 3 is 2.56 bits per heavy atom. The van der Waals surface area contributed by atoms with E-state index in [4.69, 9.17) is 9.47 Å². The highest BCUT2D eigenvalue weighted by Gasteiger charge is 2.62. The van der Waals surface area contributed by atoms with Gasteiger partial charge in [0.1, 0.15) is 23.7 Å². The molecular weight excluding hydrogens is 691 g/mol. The number of cyclic esters (lactones) is 1. The third-order valence-electron chi connectivity index (χ3n) is 11.6. The van der Waals surface area contributed by atoms with E-state index in [1.807, 2.05) is 37.3 Å². The van der Waals surface area contributed by atoms with E-state index in [0.29, 0.717) is 58.0 Å². The summed E-state index contributed by atoms with van der Waals surface area (Å²) in [5.41, 5.74) is 1.57. The van der Waals surface area contributed by atoms with Crippen molar-refractivity contribution in [1.29, 1.82) is 0 Å². The number of carbonyl (C=O) groups is 5. The molecule has 5 atom stereocenters. The fourth-order valence-corrected chi connectivity index (χ4v) is 9.76. The molecule has 15 heteroatoms. The molecule has 282 valence electrons. The van der Waals surface area contributed by atoms with Gasteiger partial charge in [0, 0.05) is 13.0 Å². The average molecular weight is 740 g/mol. The van der Waals surface area contributed by atoms with Crippen LogP contribution < -0.4 is 15.4 Å². The zero-order valence-electron chi connectivity index (χ0n) is 29.6. The number of allylic oxidation sites excluding steroid dienone is 1. The summed E-state index contributed by atoms with van der Waals surface area (Å²) in [6.07, 6.45) is 9.03. The summed E-state index contributed by atoms with van der Waals surface area (Å²) in [7, 11) is -3.87. The summed E-state index contributed by atoms with van der Waals surface area (Å²) in [6.45, 7) is 2.63. The van der Waals surface area contributed by atoms with Gasteiger partial charge in [-0.25, -0.2) is 18.0 Å². The van der Waals surface area contributed by atoms with E-state index in [9.17, 15) is 32.4 Å². The van der Waals surface area contributed by atoms with Crippen LogP contribution >= 0.6 is 0 Å². The first-order valence-electron chi connectivity index (χ1n) is 18.8. The SMILES string of the molecule is CC[C@H]1C[C@]1(NC(=O)[C@@H]1C[C@@H]2CN1C(=O)[C@H](C1CCCCC1)NC(=O)OCCC/C=C/c1cccc3c1CN(C3)C(=O)O2)C(=O)NS(=O)(=O)C1CC1. The van der Waals surface area contributed by atoms with Crippen molar-refractivity contribution in [2.45, 2.75) is 126 Å². The Balaban J connectivity index is 1.16. The molecule has 7 rings (SSSR count). The minimum absolute atomic E-state index is 0.0330. The monoisotopic (exact) mass is 739 g/mol. The van der Waals surface area contributed by atoms with E-state index in [-0.39, 0.29) is 37.8 Å². The summed E-state index contributed by atoms with van der Waals surface area (Å²) in [6, 6.07) is 3.79. The summed E-state index contributed by atoms with van der Waals surface area (Å²) < 4.78 is 39.1. The van der Waals surface area contributed by atoms with Crippen LogP contribution in [0, 0.1) is 11.8 Å². The maximum atomic E-state index is 14.6. The van der Waals surface area contributed by atoms with Crippen molar-refractivity contribution < 1.29 is 41.9 Å². The van der Waals surface area contributed by atoms with Crippen LogP contribution in [0.5, 0.6) is 0 Å². The number of alkyl carbamates (subject to hydrolysis) is 1. The van der Waals surface area contributed by atoms with E-state index in [1.54, 1.807) is 4.90 Å². The Hall–Kier alpha value is -4.14. The first-order valence-corrected chi connectivity index (χ1v) is 20.4. The molecule has 3 saturated carbocycles. The van der Waals surface area contributed by atoms with Crippen LogP contribution in [0.3, 0.4) is 0 Å². The van der Waals surface area contributed by atoms with Crippen molar-refractivity contribution in [3.63, 3.8) is 0 Å². The van der Waals surface area contributed by atoms with E-state index < -0.39 is 68.9 Å². The molecule has 1 saturated heterocycles. The van der Waals surface area contributed by atoms with Crippen LogP contribution in [0.1, 0.15) is 101 Å². The zero-order valence-corrected chi connectivity index (χ0v) is 30.5. The molecule has 4 bridgehead atoms. The molecule has 0 unspecified atom stereocenters. The lowest BCUT2D eigenvalue weighted by molar-refractivity contribution is -0.142. The van der Waals surface area contributed by atoms with Crippen molar-refractivity contribution in [2.24, 2.45) is 11.8 Å². The van der Waals surface area contributed by atoms with Crippen LogP contribution in [0.25, 0.3) is 6.08 Å². The molecule has 14 nitrogen and oxygen atoms in total. The second-order valence-electron chi connectivity index (χ2n) is 15.2. The Morgan fingerprint density at radius 2 is 1.83 bits per heavy atom. The fraction of sp³-hybridized carbons (Fsp3) is 0.649. The van der Waals surface area contributed by atoms with E-state index in [2.05, 4.69) is 15.4 Å². The molecule has 0 aromatic heterocycles. The molecule has 1 aromatic carbocycles. The lowest BCUT2D eigenvalue weighted by atomic mass is 9.83. The number of nitrogens with one attached hydrogen (secondary N) is 3. The summed E-state index contributed by atoms with van der Waals surface area (Å²) in [5, 5.41) is 5.04. The van der Waals surface area contributed by atoms with Gasteiger partial charge < -0.3 is 25.0 Å². The predicted molar refractivity (Wildman–Crippen MR) is 189 cm³/mol. The van der Waals surface area contributed by atoms with E-state index in [0.717, 1.165) is 36.0 Å². The second kappa shape index (κ2) is 14.7. The third-order valence-corrected chi connectivity index (χ3v) is 13.5. The van der Waals surface area contributed by atoms with Crippen molar-refractivity contribution >= 4 is 46.0 Å². The van der Waals surface area contributed by atoms with Crippen LogP contribution in [-0.4, -0.2) is 90.3 Å². The summed E-state index contributed by atoms with van der Waals surface area (Å²) in [5.74, 6) is -2.39. The Morgan fingerprint density at radius 1 is 1.04 bits per heavy atom. The standard InChI is InChI=1S/C37H49N5O9S/c1-2-26-19-37(26,34(45)40-52(48,49)28-15-16-28)39-32(43)30-18-27-21-42(30)33(44)31(24-11-5-3-6-12-24)38-35(46)50-17-8-4-7-10-23-13-9-14-25-20-41(22-29(23)25)36(47)51-27/h7,9-10,13-14,24,26-28,30-31H,2-6,8,11-12,15-22H2,1H3,(H,38,46)(H,39,43)(H,40,45)/b10-7+/t26-,27+,30-,31-,37+/m0/s1. The molecule has 3 N–H and O–H groups in total. The fourth-order valence-electron chi connectivity index (χ4n) is 8.39. The Kier molecular flexibility index (Phi) is 10.2. The highest BCUT2D eigenvalue weighted by atomic mass is 32.2. The van der Waals surface area contributed by atoms with Crippen molar-refractivity contribution in [2.75, 3.05) is 13.2 Å². The summed E-state index contributed by atoms with van der Waals surface area (Å²) >= 11 is 0. The van der Waals surface area contributed by atoms with Gasteiger partial charge in [-0.1, -0.05) is 63.0 Å². The molecule has 3 aliphatic carbocycles. The number of hydrogen-bond donors (Lipinski definition) is 3. The number of sulfonamides is 1. The second-order valence-corrected chi connectivity index (χ2v) is 17.2. The number of benzene rings is 1. The molecule has 0 spiro atoms. The molecule has 52 heavy (non-hydrogen) atoms. The number of carbonyl (C=O) groups excluding carboxylic acids is 5. The van der Waals surface area contributed by atoms with Gasteiger partial charge in [0.25, 0.3) is 5.91 Å². The van der Waals surface area contributed by atoms with Crippen molar-refractivity contribution in [1.82, 2.24) is 25.2 Å². The van der Waals surface area contributed by atoms with Gasteiger partial charge in [-0.3, -0.25) is 24.0 Å². The normalized spacial score (nSPS) is 30.6. The van der Waals surface area contributed by atoms with Gasteiger partial charge in [-0.15, -0.1) is 0 Å². The Bertz CT molecular complexity index is 1740. The summed E-state index contributed by atoms with van der Waals surface area (Å²) in [4.78, 5) is 72.1. The predicted octanol–water partition coefficient (Wildman–Crippen LogP) is 3.48. The van der Waals surface area contributed by atoms with Crippen LogP contribution in [0.15, 0.2) is 24.3 Å². The van der Waals surface area contributed by atoms with Crippen LogP contribution in [0.2, 0.25) is 0 Å². The molecule has 6 aliphatic rings. The maximum Gasteiger partial charge on any atom is 0.410 e. The molecule has 3 aliphatic heterocycles. The van der Waals surface area contributed by atoms with E-state index >= 15 is 0 Å². The molecule has 3 heterocycles. The number of fused-ring (bicyclic) bond motifs is 3.